The van der Waals surface area contributed by atoms with Crippen LogP contribution in [0.1, 0.15) is 12.8 Å². The number of nitrogens with zero attached hydrogens (tertiary/aromatic N) is 1. The van der Waals surface area contributed by atoms with Crippen LogP contribution in [0, 0.1) is 5.92 Å². The number of carbonyl (C=O) groups excluding carboxylic acids is 1. The number of aliphatic carboxylic acids is 1. The number of piperidine rings is 1. The van der Waals surface area contributed by atoms with E-state index in [0.717, 1.165) is 11.3 Å². The maximum atomic E-state index is 12.0. The van der Waals surface area contributed by atoms with Crippen LogP contribution in [0.2, 0.25) is 0 Å². The van der Waals surface area contributed by atoms with Gasteiger partial charge in [-0.15, -0.1) is 11.3 Å². The Kier molecular flexibility index (Phi) is 5.97. The summed E-state index contributed by atoms with van der Waals surface area (Å²) in [6.07, 6.45) is 1.22. The fourth-order valence-electron chi connectivity index (χ4n) is 2.32. The van der Waals surface area contributed by atoms with E-state index < -0.39 is 21.9 Å². The van der Waals surface area contributed by atoms with Crippen LogP contribution in [0.4, 0.5) is 4.79 Å². The van der Waals surface area contributed by atoms with Gasteiger partial charge in [0.1, 0.15) is 4.21 Å². The predicted octanol–water partition coefficient (Wildman–Crippen LogP) is 0.533. The number of carboxylic acids is 1. The number of carboxylic acid groups (broad SMARTS) is 1. The number of hydrogen-bond donors (Lipinski definition) is 3. The molecule has 0 bridgehead atoms. The van der Waals surface area contributed by atoms with Gasteiger partial charge in [0.25, 0.3) is 0 Å². The molecule has 0 spiro atoms. The summed E-state index contributed by atoms with van der Waals surface area (Å²) in [5, 5.41) is 13.3. The Bertz CT molecular complexity index is 645. The highest BCUT2D eigenvalue weighted by Gasteiger charge is 2.27. The van der Waals surface area contributed by atoms with E-state index in [2.05, 4.69) is 10.0 Å². The Labute approximate surface area is 138 Å². The molecule has 1 aromatic heterocycles. The SMILES string of the molecule is O=C(O)C1CCCN(C(=O)NCCNS(=O)(=O)c2cccs2)C1. The average Bonchev–Trinajstić information content (AvgIpc) is 3.07. The zero-order valence-corrected chi connectivity index (χ0v) is 14.0. The van der Waals surface area contributed by atoms with Gasteiger partial charge in [0.05, 0.1) is 5.92 Å². The lowest BCUT2D eigenvalue weighted by molar-refractivity contribution is -0.143. The van der Waals surface area contributed by atoms with Gasteiger partial charge in [-0.1, -0.05) is 6.07 Å². The Hall–Kier alpha value is -1.65. The van der Waals surface area contributed by atoms with E-state index in [9.17, 15) is 18.0 Å². The van der Waals surface area contributed by atoms with Gasteiger partial charge in [0.2, 0.25) is 10.0 Å². The van der Waals surface area contributed by atoms with Crippen molar-refractivity contribution in [1.29, 1.82) is 0 Å². The molecule has 128 valence electrons. The van der Waals surface area contributed by atoms with Crippen LogP contribution >= 0.6 is 11.3 Å². The molecule has 1 unspecified atom stereocenters. The van der Waals surface area contributed by atoms with Crippen molar-refractivity contribution in [3.8, 4) is 0 Å². The van der Waals surface area contributed by atoms with Crippen molar-refractivity contribution in [2.75, 3.05) is 26.2 Å². The lowest BCUT2D eigenvalue weighted by Crippen LogP contribution is -2.48. The number of thiophene rings is 1. The minimum Gasteiger partial charge on any atom is -0.481 e. The van der Waals surface area contributed by atoms with Gasteiger partial charge < -0.3 is 15.3 Å². The van der Waals surface area contributed by atoms with E-state index in [0.29, 0.717) is 19.4 Å². The number of sulfonamides is 1. The van der Waals surface area contributed by atoms with Crippen LogP contribution in [-0.2, 0) is 14.8 Å². The molecule has 3 N–H and O–H groups in total. The normalized spacial score (nSPS) is 18.6. The first-order valence-electron chi connectivity index (χ1n) is 7.19. The maximum Gasteiger partial charge on any atom is 0.317 e. The fraction of sp³-hybridized carbons (Fsp3) is 0.538. The van der Waals surface area contributed by atoms with Crippen molar-refractivity contribution in [3.05, 3.63) is 17.5 Å². The lowest BCUT2D eigenvalue weighted by atomic mass is 9.99. The second kappa shape index (κ2) is 7.75. The van der Waals surface area contributed by atoms with Gasteiger partial charge in [0, 0.05) is 26.2 Å². The van der Waals surface area contributed by atoms with Crippen LogP contribution in [0.3, 0.4) is 0 Å². The van der Waals surface area contributed by atoms with Crippen LogP contribution in [0.5, 0.6) is 0 Å². The summed E-state index contributed by atoms with van der Waals surface area (Å²) in [5.74, 6) is -1.43. The smallest absolute Gasteiger partial charge is 0.317 e. The first kappa shape index (κ1) is 17.7. The summed E-state index contributed by atoms with van der Waals surface area (Å²) in [6.45, 7) is 0.901. The average molecular weight is 361 g/mol. The summed E-state index contributed by atoms with van der Waals surface area (Å²) in [7, 11) is -3.53. The monoisotopic (exact) mass is 361 g/mol. The molecule has 0 aromatic carbocycles. The molecular formula is C13H19N3O5S2. The molecule has 1 atom stereocenters. The van der Waals surface area contributed by atoms with Gasteiger partial charge in [0.15, 0.2) is 0 Å². The lowest BCUT2D eigenvalue weighted by Gasteiger charge is -2.30. The number of urea groups is 1. The first-order chi connectivity index (χ1) is 10.9. The van der Waals surface area contributed by atoms with E-state index in [-0.39, 0.29) is 29.9 Å². The van der Waals surface area contributed by atoms with Gasteiger partial charge in [-0.3, -0.25) is 4.79 Å². The number of hydrogen-bond acceptors (Lipinski definition) is 5. The molecule has 1 aliphatic heterocycles. The molecule has 2 rings (SSSR count). The van der Waals surface area contributed by atoms with Crippen LogP contribution < -0.4 is 10.0 Å². The molecule has 2 heterocycles. The van der Waals surface area contributed by atoms with Crippen molar-refractivity contribution in [3.63, 3.8) is 0 Å². The van der Waals surface area contributed by atoms with Crippen molar-refractivity contribution < 1.29 is 23.1 Å². The summed E-state index contributed by atoms with van der Waals surface area (Å²) < 4.78 is 26.4. The zero-order valence-electron chi connectivity index (χ0n) is 12.4. The van der Waals surface area contributed by atoms with Crippen LogP contribution in [0.25, 0.3) is 0 Å². The minimum absolute atomic E-state index is 0.0716. The topological polar surface area (TPSA) is 116 Å². The van der Waals surface area contributed by atoms with E-state index in [1.165, 1.54) is 11.0 Å². The van der Waals surface area contributed by atoms with Gasteiger partial charge >= 0.3 is 12.0 Å². The van der Waals surface area contributed by atoms with Gasteiger partial charge in [-0.25, -0.2) is 17.9 Å². The van der Waals surface area contributed by atoms with Crippen LogP contribution in [-0.4, -0.2) is 56.6 Å². The summed E-state index contributed by atoms with van der Waals surface area (Å²) >= 11 is 1.12. The molecule has 0 saturated carbocycles. The molecule has 0 radical (unpaired) electrons. The maximum absolute atomic E-state index is 12.0. The molecule has 1 aromatic rings. The van der Waals surface area contributed by atoms with Gasteiger partial charge in [-0.05, 0) is 24.3 Å². The predicted molar refractivity (Wildman–Crippen MR) is 84.8 cm³/mol. The van der Waals surface area contributed by atoms with Crippen molar-refractivity contribution in [1.82, 2.24) is 14.9 Å². The third kappa shape index (κ3) is 4.91. The Morgan fingerprint density at radius 1 is 1.39 bits per heavy atom. The largest absolute Gasteiger partial charge is 0.481 e. The van der Waals surface area contributed by atoms with E-state index in [4.69, 9.17) is 5.11 Å². The van der Waals surface area contributed by atoms with Crippen LogP contribution in [0.15, 0.2) is 21.7 Å². The second-order valence-electron chi connectivity index (χ2n) is 5.19. The Morgan fingerprint density at radius 2 is 2.17 bits per heavy atom. The standard InChI is InChI=1S/C13H19N3O5S2/c17-12(18)10-3-1-7-16(9-10)13(19)14-5-6-15-23(20,21)11-4-2-8-22-11/h2,4,8,10,15H,1,3,5-7,9H2,(H,14,19)(H,17,18). The van der Waals surface area contributed by atoms with E-state index in [1.807, 2.05) is 0 Å². The zero-order chi connectivity index (χ0) is 16.9. The highest BCUT2D eigenvalue weighted by molar-refractivity contribution is 7.91. The Morgan fingerprint density at radius 3 is 2.83 bits per heavy atom. The molecule has 1 fully saturated rings. The number of amides is 2. The van der Waals surface area contributed by atoms with E-state index >= 15 is 0 Å². The summed E-state index contributed by atoms with van der Waals surface area (Å²) in [6, 6.07) is 2.79. The molecule has 1 aliphatic rings. The molecule has 2 amide bonds. The van der Waals surface area contributed by atoms with Gasteiger partial charge in [-0.2, -0.15) is 0 Å². The quantitative estimate of drug-likeness (QED) is 0.639. The minimum atomic E-state index is -3.53. The van der Waals surface area contributed by atoms with E-state index in [1.54, 1.807) is 11.4 Å². The first-order valence-corrected chi connectivity index (χ1v) is 9.55. The highest BCUT2D eigenvalue weighted by Crippen LogP contribution is 2.16. The fourth-order valence-corrected chi connectivity index (χ4v) is 4.39. The molecular weight excluding hydrogens is 342 g/mol. The summed E-state index contributed by atoms with van der Waals surface area (Å²) in [5.41, 5.74) is 0. The molecule has 10 heteroatoms. The number of likely N-dealkylation sites (tertiary alicyclic amines) is 1. The van der Waals surface area contributed by atoms with Crippen molar-refractivity contribution >= 4 is 33.4 Å². The highest BCUT2D eigenvalue weighted by atomic mass is 32.2. The number of rotatable bonds is 6. The summed E-state index contributed by atoms with van der Waals surface area (Å²) in [4.78, 5) is 24.4. The van der Waals surface area contributed by atoms with Crippen molar-refractivity contribution in [2.45, 2.75) is 17.1 Å². The Balaban J connectivity index is 1.74. The molecule has 0 aliphatic carbocycles. The number of carbonyl (C=O) groups is 2. The molecule has 23 heavy (non-hydrogen) atoms. The third-order valence-electron chi connectivity index (χ3n) is 3.51. The third-order valence-corrected chi connectivity index (χ3v) is 6.37. The van der Waals surface area contributed by atoms with Crippen molar-refractivity contribution in [2.24, 2.45) is 5.92 Å². The molecule has 8 nitrogen and oxygen atoms in total. The molecule has 1 saturated heterocycles. The number of nitrogens with one attached hydrogen (secondary N) is 2. The second-order valence-corrected chi connectivity index (χ2v) is 8.13.